The van der Waals surface area contributed by atoms with Crippen LogP contribution < -0.4 is 5.73 Å². The van der Waals surface area contributed by atoms with Gasteiger partial charge in [-0.1, -0.05) is 46.5 Å². The fourth-order valence-electron chi connectivity index (χ4n) is 1.53. The second-order valence-electron chi connectivity index (χ2n) is 4.58. The van der Waals surface area contributed by atoms with Crippen molar-refractivity contribution >= 4 is 0 Å². The van der Waals surface area contributed by atoms with Gasteiger partial charge < -0.3 is 5.73 Å². The maximum Gasteiger partial charge on any atom is 0.00389 e. The lowest BCUT2D eigenvalue weighted by Crippen LogP contribution is -2.20. The molecule has 0 aromatic carbocycles. The number of rotatable bonds is 8. The standard InChI is InChI=1S/C12H27N/c1-4-5-6-7-8-12(13)10-9-11(2)3/h11-12H,4-10,13H2,1-3H3. The highest BCUT2D eigenvalue weighted by Crippen LogP contribution is 2.11. The first-order valence-electron chi connectivity index (χ1n) is 5.92. The Balaban J connectivity index is 3.15. The second kappa shape index (κ2) is 8.55. The van der Waals surface area contributed by atoms with Crippen LogP contribution in [0.4, 0.5) is 0 Å². The molecule has 2 N–H and O–H groups in total. The summed E-state index contributed by atoms with van der Waals surface area (Å²) in [6.45, 7) is 6.78. The van der Waals surface area contributed by atoms with Gasteiger partial charge in [-0.3, -0.25) is 0 Å². The molecule has 1 nitrogen and oxygen atoms in total. The van der Waals surface area contributed by atoms with Crippen LogP contribution in [-0.2, 0) is 0 Å². The molecule has 0 heterocycles. The Bertz CT molecular complexity index is 99.3. The molecule has 0 saturated carbocycles. The van der Waals surface area contributed by atoms with E-state index in [2.05, 4.69) is 20.8 Å². The van der Waals surface area contributed by atoms with Crippen molar-refractivity contribution in [2.75, 3.05) is 0 Å². The van der Waals surface area contributed by atoms with Crippen LogP contribution in [0, 0.1) is 5.92 Å². The van der Waals surface area contributed by atoms with Crippen molar-refractivity contribution in [1.29, 1.82) is 0 Å². The van der Waals surface area contributed by atoms with E-state index in [0.717, 1.165) is 5.92 Å². The van der Waals surface area contributed by atoms with Crippen LogP contribution in [0.25, 0.3) is 0 Å². The summed E-state index contributed by atoms with van der Waals surface area (Å²) in [4.78, 5) is 0. The zero-order valence-corrected chi connectivity index (χ0v) is 9.68. The molecule has 0 bridgehead atoms. The SMILES string of the molecule is CCCCCCC(N)CCC(C)C. The van der Waals surface area contributed by atoms with Gasteiger partial charge in [-0.05, 0) is 25.2 Å². The molecular weight excluding hydrogens is 158 g/mol. The Hall–Kier alpha value is -0.0400. The van der Waals surface area contributed by atoms with Crippen molar-refractivity contribution in [3.63, 3.8) is 0 Å². The molecule has 1 heteroatoms. The average molecular weight is 185 g/mol. The Morgan fingerprint density at radius 2 is 1.62 bits per heavy atom. The lowest BCUT2D eigenvalue weighted by molar-refractivity contribution is 0.461. The van der Waals surface area contributed by atoms with Gasteiger partial charge in [0.2, 0.25) is 0 Å². The van der Waals surface area contributed by atoms with Gasteiger partial charge in [0.15, 0.2) is 0 Å². The van der Waals surface area contributed by atoms with Crippen molar-refractivity contribution < 1.29 is 0 Å². The minimum absolute atomic E-state index is 0.458. The van der Waals surface area contributed by atoms with Crippen LogP contribution >= 0.6 is 0 Å². The molecule has 0 radical (unpaired) electrons. The maximum absolute atomic E-state index is 6.00. The summed E-state index contributed by atoms with van der Waals surface area (Å²) < 4.78 is 0. The molecule has 80 valence electrons. The Kier molecular flexibility index (Phi) is 8.53. The summed E-state index contributed by atoms with van der Waals surface area (Å²) in [5, 5.41) is 0. The number of hydrogen-bond acceptors (Lipinski definition) is 1. The van der Waals surface area contributed by atoms with E-state index in [1.807, 2.05) is 0 Å². The molecule has 1 atom stereocenters. The van der Waals surface area contributed by atoms with E-state index in [1.54, 1.807) is 0 Å². The third kappa shape index (κ3) is 9.88. The molecule has 0 amide bonds. The summed E-state index contributed by atoms with van der Waals surface area (Å²) >= 11 is 0. The Morgan fingerprint density at radius 3 is 2.15 bits per heavy atom. The molecule has 0 aliphatic rings. The number of hydrogen-bond donors (Lipinski definition) is 1. The average Bonchev–Trinajstić information content (AvgIpc) is 2.09. The highest BCUT2D eigenvalue weighted by molar-refractivity contribution is 4.62. The van der Waals surface area contributed by atoms with Crippen molar-refractivity contribution in [3.8, 4) is 0 Å². The summed E-state index contributed by atoms with van der Waals surface area (Å²) in [6, 6.07) is 0.458. The van der Waals surface area contributed by atoms with Crippen LogP contribution in [0.15, 0.2) is 0 Å². The van der Waals surface area contributed by atoms with Gasteiger partial charge in [-0.25, -0.2) is 0 Å². The van der Waals surface area contributed by atoms with Crippen LogP contribution in [0.2, 0.25) is 0 Å². The Morgan fingerprint density at radius 1 is 0.923 bits per heavy atom. The molecule has 0 saturated heterocycles. The van der Waals surface area contributed by atoms with Crippen LogP contribution in [0.1, 0.15) is 65.7 Å². The van der Waals surface area contributed by atoms with Gasteiger partial charge in [-0.2, -0.15) is 0 Å². The van der Waals surface area contributed by atoms with Gasteiger partial charge in [0.05, 0.1) is 0 Å². The summed E-state index contributed by atoms with van der Waals surface area (Å²) in [5.41, 5.74) is 6.00. The minimum atomic E-state index is 0.458. The quantitative estimate of drug-likeness (QED) is 0.573. The first-order valence-corrected chi connectivity index (χ1v) is 5.92. The van der Waals surface area contributed by atoms with E-state index in [0.29, 0.717) is 6.04 Å². The highest BCUT2D eigenvalue weighted by atomic mass is 14.6. The smallest absolute Gasteiger partial charge is 0.00389 e. The van der Waals surface area contributed by atoms with Crippen LogP contribution in [0.5, 0.6) is 0 Å². The third-order valence-electron chi connectivity index (χ3n) is 2.54. The van der Waals surface area contributed by atoms with Crippen molar-refractivity contribution in [3.05, 3.63) is 0 Å². The molecule has 0 aromatic rings. The lowest BCUT2D eigenvalue weighted by atomic mass is 9.99. The highest BCUT2D eigenvalue weighted by Gasteiger charge is 2.03. The summed E-state index contributed by atoms with van der Waals surface area (Å²) in [7, 11) is 0. The molecule has 13 heavy (non-hydrogen) atoms. The molecule has 0 aliphatic carbocycles. The van der Waals surface area contributed by atoms with E-state index in [4.69, 9.17) is 5.73 Å². The molecule has 0 fully saturated rings. The second-order valence-corrected chi connectivity index (χ2v) is 4.58. The number of nitrogens with two attached hydrogens (primary N) is 1. The van der Waals surface area contributed by atoms with Crippen molar-refractivity contribution in [2.24, 2.45) is 11.7 Å². The fraction of sp³-hybridized carbons (Fsp3) is 1.00. The van der Waals surface area contributed by atoms with E-state index < -0.39 is 0 Å². The summed E-state index contributed by atoms with van der Waals surface area (Å²) in [5.74, 6) is 0.807. The van der Waals surface area contributed by atoms with Gasteiger partial charge in [0, 0.05) is 6.04 Å². The van der Waals surface area contributed by atoms with Gasteiger partial charge >= 0.3 is 0 Å². The summed E-state index contributed by atoms with van der Waals surface area (Å²) in [6.07, 6.45) is 9.11. The van der Waals surface area contributed by atoms with Gasteiger partial charge in [0.1, 0.15) is 0 Å². The van der Waals surface area contributed by atoms with Crippen molar-refractivity contribution in [2.45, 2.75) is 71.8 Å². The molecule has 1 unspecified atom stereocenters. The largest absolute Gasteiger partial charge is 0.328 e. The van der Waals surface area contributed by atoms with E-state index in [1.165, 1.54) is 44.9 Å². The monoisotopic (exact) mass is 185 g/mol. The minimum Gasteiger partial charge on any atom is -0.328 e. The van der Waals surface area contributed by atoms with Gasteiger partial charge in [-0.15, -0.1) is 0 Å². The Labute approximate surface area is 84.1 Å². The van der Waals surface area contributed by atoms with E-state index >= 15 is 0 Å². The van der Waals surface area contributed by atoms with E-state index in [-0.39, 0.29) is 0 Å². The first kappa shape index (κ1) is 13.0. The predicted octanol–water partition coefficient (Wildman–Crippen LogP) is 3.72. The van der Waals surface area contributed by atoms with Crippen LogP contribution in [0.3, 0.4) is 0 Å². The topological polar surface area (TPSA) is 26.0 Å². The molecule has 0 spiro atoms. The lowest BCUT2D eigenvalue weighted by Gasteiger charge is -2.12. The van der Waals surface area contributed by atoms with Crippen LogP contribution in [-0.4, -0.2) is 6.04 Å². The molecule has 0 aromatic heterocycles. The van der Waals surface area contributed by atoms with E-state index in [9.17, 15) is 0 Å². The molecule has 0 aliphatic heterocycles. The predicted molar refractivity (Wildman–Crippen MR) is 60.8 cm³/mol. The van der Waals surface area contributed by atoms with Gasteiger partial charge in [0.25, 0.3) is 0 Å². The normalized spacial score (nSPS) is 13.6. The zero-order valence-electron chi connectivity index (χ0n) is 9.68. The molecular formula is C12H27N. The first-order chi connectivity index (χ1) is 6.16. The third-order valence-corrected chi connectivity index (χ3v) is 2.54. The zero-order chi connectivity index (χ0) is 10.1. The molecule has 0 rings (SSSR count). The maximum atomic E-state index is 6.00. The van der Waals surface area contributed by atoms with Crippen molar-refractivity contribution in [1.82, 2.24) is 0 Å². The fourth-order valence-corrected chi connectivity index (χ4v) is 1.53. The number of unbranched alkanes of at least 4 members (excludes halogenated alkanes) is 3.